The Bertz CT molecular complexity index is 1410. The van der Waals surface area contributed by atoms with Crippen LogP contribution in [0.5, 0.6) is 0 Å². The molecule has 0 bridgehead atoms. The van der Waals surface area contributed by atoms with E-state index in [1.165, 1.54) is 25.3 Å². The molecule has 4 rings (SSSR count). The van der Waals surface area contributed by atoms with Gasteiger partial charge >= 0.3 is 11.9 Å². The maximum Gasteiger partial charge on any atom is 0.337 e. The van der Waals surface area contributed by atoms with E-state index in [-0.39, 0.29) is 18.0 Å². The fourth-order valence-electron chi connectivity index (χ4n) is 5.15. The number of unbranched alkanes of at least 4 members (excludes halogenated alkanes) is 1. The zero-order chi connectivity index (χ0) is 31.0. The molecule has 0 saturated heterocycles. The van der Waals surface area contributed by atoms with Crippen LogP contribution in [0.2, 0.25) is 0 Å². The van der Waals surface area contributed by atoms with Gasteiger partial charge in [-0.25, -0.2) is 4.79 Å². The number of methoxy groups -OCH3 is 2. The molecule has 0 aromatic heterocycles. The van der Waals surface area contributed by atoms with E-state index in [1.807, 2.05) is 30.3 Å². The molecule has 1 atom stereocenters. The van der Waals surface area contributed by atoms with Crippen LogP contribution in [0.25, 0.3) is 0 Å². The molecule has 0 aliphatic heterocycles. The van der Waals surface area contributed by atoms with Gasteiger partial charge in [-0.15, -0.1) is 0 Å². The van der Waals surface area contributed by atoms with Gasteiger partial charge in [0.2, 0.25) is 0 Å². The van der Waals surface area contributed by atoms with Gasteiger partial charge in [0.25, 0.3) is 0 Å². The maximum atomic E-state index is 11.9. The maximum absolute atomic E-state index is 11.9. The number of rotatable bonds is 17. The van der Waals surface area contributed by atoms with E-state index in [9.17, 15) is 9.59 Å². The largest absolute Gasteiger partial charge is 0.469 e. The molecule has 0 heterocycles. The Kier molecular flexibility index (Phi) is 13.2. The average Bonchev–Trinajstić information content (AvgIpc) is 3.08. The van der Waals surface area contributed by atoms with E-state index in [0.717, 1.165) is 48.9 Å². The van der Waals surface area contributed by atoms with Gasteiger partial charge in [-0.2, -0.15) is 0 Å². The molecule has 0 saturated carbocycles. The van der Waals surface area contributed by atoms with Crippen molar-refractivity contribution in [3.63, 3.8) is 0 Å². The molecule has 0 N–H and O–H groups in total. The van der Waals surface area contributed by atoms with E-state index in [0.29, 0.717) is 31.7 Å². The summed E-state index contributed by atoms with van der Waals surface area (Å²) in [5.41, 5.74) is 6.53. The van der Waals surface area contributed by atoms with Crippen LogP contribution in [-0.2, 0) is 45.0 Å². The summed E-state index contributed by atoms with van der Waals surface area (Å²) < 4.78 is 16.3. The van der Waals surface area contributed by atoms with Crippen molar-refractivity contribution in [1.82, 2.24) is 4.90 Å². The first-order valence-electron chi connectivity index (χ1n) is 15.3. The Morgan fingerprint density at radius 3 is 1.89 bits per heavy atom. The van der Waals surface area contributed by atoms with Crippen molar-refractivity contribution >= 4 is 11.9 Å². The summed E-state index contributed by atoms with van der Waals surface area (Å²) in [5, 5.41) is 0. The normalized spacial score (nSPS) is 11.7. The standard InChI is InChI=1S/C38H43NO5/c1-42-37(40)15-9-10-26-39(27-32-22-24-35(25-23-32)38(41)43-2)28-36(34-13-7-4-8-14-34)44-29-33-20-18-31(19-21-33)17-16-30-11-5-3-6-12-30/h3-8,11-14,18-25,36H,9-10,15-17,26-29H2,1-2H3/t36-/m1/s1. The molecule has 6 heteroatoms. The van der Waals surface area contributed by atoms with Crippen LogP contribution in [-0.4, -0.2) is 44.1 Å². The minimum Gasteiger partial charge on any atom is -0.469 e. The summed E-state index contributed by atoms with van der Waals surface area (Å²) in [6.45, 7) is 2.65. The van der Waals surface area contributed by atoms with Gasteiger partial charge in [0.05, 0.1) is 32.5 Å². The Morgan fingerprint density at radius 2 is 1.25 bits per heavy atom. The van der Waals surface area contributed by atoms with Crippen LogP contribution < -0.4 is 0 Å². The van der Waals surface area contributed by atoms with Crippen LogP contribution in [0.3, 0.4) is 0 Å². The summed E-state index contributed by atoms with van der Waals surface area (Å²) in [5.74, 6) is -0.537. The van der Waals surface area contributed by atoms with Crippen molar-refractivity contribution in [3.05, 3.63) is 143 Å². The van der Waals surface area contributed by atoms with E-state index in [1.54, 1.807) is 12.1 Å². The van der Waals surface area contributed by atoms with Gasteiger partial charge < -0.3 is 14.2 Å². The lowest BCUT2D eigenvalue weighted by Crippen LogP contribution is -2.30. The van der Waals surface area contributed by atoms with Gasteiger partial charge in [-0.05, 0) is 72.2 Å². The first-order chi connectivity index (χ1) is 21.5. The third-order valence-corrected chi connectivity index (χ3v) is 7.73. The Balaban J connectivity index is 1.42. The molecule has 6 nitrogen and oxygen atoms in total. The fourth-order valence-corrected chi connectivity index (χ4v) is 5.15. The van der Waals surface area contributed by atoms with Crippen LogP contribution in [0.1, 0.15) is 63.5 Å². The van der Waals surface area contributed by atoms with Crippen molar-refractivity contribution in [2.45, 2.75) is 51.4 Å². The number of hydrogen-bond donors (Lipinski definition) is 0. The Hall–Kier alpha value is -4.26. The van der Waals surface area contributed by atoms with Gasteiger partial charge in [-0.3, -0.25) is 9.69 Å². The number of aryl methyl sites for hydroxylation is 2. The predicted octanol–water partition coefficient (Wildman–Crippen LogP) is 7.36. The molecule has 44 heavy (non-hydrogen) atoms. The van der Waals surface area contributed by atoms with Crippen molar-refractivity contribution in [1.29, 1.82) is 0 Å². The second-order valence-electron chi connectivity index (χ2n) is 11.0. The molecule has 0 spiro atoms. The van der Waals surface area contributed by atoms with Crippen LogP contribution in [0.4, 0.5) is 0 Å². The predicted molar refractivity (Wildman–Crippen MR) is 173 cm³/mol. The first kappa shape index (κ1) is 32.6. The van der Waals surface area contributed by atoms with Crippen molar-refractivity contribution in [3.8, 4) is 0 Å². The van der Waals surface area contributed by atoms with Crippen molar-refractivity contribution < 1.29 is 23.8 Å². The van der Waals surface area contributed by atoms with E-state index < -0.39 is 0 Å². The molecular weight excluding hydrogens is 550 g/mol. The van der Waals surface area contributed by atoms with Crippen molar-refractivity contribution in [2.24, 2.45) is 0 Å². The van der Waals surface area contributed by atoms with Crippen LogP contribution in [0, 0.1) is 0 Å². The average molecular weight is 594 g/mol. The topological polar surface area (TPSA) is 65.1 Å². The van der Waals surface area contributed by atoms with E-state index in [4.69, 9.17) is 14.2 Å². The lowest BCUT2D eigenvalue weighted by molar-refractivity contribution is -0.140. The van der Waals surface area contributed by atoms with Crippen LogP contribution >= 0.6 is 0 Å². The number of ether oxygens (including phenoxy) is 3. The third kappa shape index (κ3) is 10.8. The molecule has 4 aromatic carbocycles. The smallest absolute Gasteiger partial charge is 0.337 e. The summed E-state index contributed by atoms with van der Waals surface area (Å²) in [4.78, 5) is 25.9. The van der Waals surface area contributed by atoms with Gasteiger partial charge in [0.1, 0.15) is 0 Å². The zero-order valence-electron chi connectivity index (χ0n) is 25.8. The monoisotopic (exact) mass is 593 g/mol. The van der Waals surface area contributed by atoms with Crippen molar-refractivity contribution in [2.75, 3.05) is 27.3 Å². The molecule has 230 valence electrons. The minimum absolute atomic E-state index is 0.149. The Labute approximate surface area is 261 Å². The summed E-state index contributed by atoms with van der Waals surface area (Å²) in [7, 11) is 2.81. The van der Waals surface area contributed by atoms with E-state index in [2.05, 4.69) is 71.6 Å². The third-order valence-electron chi connectivity index (χ3n) is 7.73. The number of carbonyl (C=O) groups excluding carboxylic acids is 2. The van der Waals surface area contributed by atoms with E-state index >= 15 is 0 Å². The number of hydrogen-bond acceptors (Lipinski definition) is 6. The van der Waals surface area contributed by atoms with Gasteiger partial charge in [0, 0.05) is 19.5 Å². The zero-order valence-corrected chi connectivity index (χ0v) is 25.8. The number of benzene rings is 4. The number of nitrogens with zero attached hydrogens (tertiary/aromatic N) is 1. The molecule has 0 fully saturated rings. The van der Waals surface area contributed by atoms with Gasteiger partial charge in [-0.1, -0.05) is 97.1 Å². The minimum atomic E-state index is -0.349. The highest BCUT2D eigenvalue weighted by Gasteiger charge is 2.18. The summed E-state index contributed by atoms with van der Waals surface area (Å²) in [6, 6.07) is 37.1. The summed E-state index contributed by atoms with van der Waals surface area (Å²) in [6.07, 6.45) is 3.87. The quantitative estimate of drug-likeness (QED) is 0.0942. The highest BCUT2D eigenvalue weighted by molar-refractivity contribution is 5.89. The molecule has 0 amide bonds. The lowest BCUT2D eigenvalue weighted by Gasteiger charge is -2.28. The molecule has 0 unspecified atom stereocenters. The summed E-state index contributed by atoms with van der Waals surface area (Å²) >= 11 is 0. The fraction of sp³-hybridized carbons (Fsp3) is 0.316. The number of esters is 2. The SMILES string of the molecule is COC(=O)CCCCN(Cc1ccc(C(=O)OC)cc1)C[C@@H](OCc1ccc(CCc2ccccc2)cc1)c1ccccc1. The Morgan fingerprint density at radius 1 is 0.659 bits per heavy atom. The number of carbonyl (C=O) groups is 2. The molecule has 0 aliphatic rings. The lowest BCUT2D eigenvalue weighted by atomic mass is 10.0. The van der Waals surface area contributed by atoms with Gasteiger partial charge in [0.15, 0.2) is 0 Å². The highest BCUT2D eigenvalue weighted by Crippen LogP contribution is 2.23. The second-order valence-corrected chi connectivity index (χ2v) is 11.0. The van der Waals surface area contributed by atoms with Crippen LogP contribution in [0.15, 0.2) is 109 Å². The molecular formula is C38H43NO5. The molecule has 0 aliphatic carbocycles. The molecule has 4 aromatic rings. The first-order valence-corrected chi connectivity index (χ1v) is 15.3. The molecule has 0 radical (unpaired) electrons. The highest BCUT2D eigenvalue weighted by atomic mass is 16.5. The second kappa shape index (κ2) is 17.8.